The quantitative estimate of drug-likeness (QED) is 0.892. The van der Waals surface area contributed by atoms with Crippen molar-refractivity contribution < 1.29 is 9.47 Å². The fraction of sp³-hybridized carbons (Fsp3) is 0.647. The molecule has 1 aliphatic rings. The van der Waals surface area contributed by atoms with E-state index in [1.54, 1.807) is 14.2 Å². The molecule has 0 heterocycles. The lowest BCUT2D eigenvalue weighted by Crippen LogP contribution is -2.34. The zero-order valence-corrected chi connectivity index (χ0v) is 12.9. The highest BCUT2D eigenvalue weighted by Gasteiger charge is 2.31. The molecule has 1 aromatic rings. The Balaban J connectivity index is 2.27. The van der Waals surface area contributed by atoms with E-state index in [1.807, 2.05) is 12.1 Å². The molecule has 3 unspecified atom stereocenters. The second kappa shape index (κ2) is 6.98. The summed E-state index contributed by atoms with van der Waals surface area (Å²) in [6.07, 6.45) is 6.09. The Hall–Kier alpha value is -1.22. The van der Waals surface area contributed by atoms with Gasteiger partial charge in [0.1, 0.15) is 11.5 Å². The summed E-state index contributed by atoms with van der Waals surface area (Å²) >= 11 is 0. The first-order valence-corrected chi connectivity index (χ1v) is 7.67. The molecule has 112 valence electrons. The van der Waals surface area contributed by atoms with E-state index in [0.29, 0.717) is 5.92 Å². The van der Waals surface area contributed by atoms with Gasteiger partial charge >= 0.3 is 0 Å². The first-order valence-electron chi connectivity index (χ1n) is 7.67. The van der Waals surface area contributed by atoms with Crippen molar-refractivity contribution in [3.8, 4) is 11.5 Å². The van der Waals surface area contributed by atoms with Crippen LogP contribution in [0.1, 0.15) is 50.5 Å². The van der Waals surface area contributed by atoms with Gasteiger partial charge in [0, 0.05) is 17.5 Å². The normalized spacial score (nSPS) is 26.3. The monoisotopic (exact) mass is 277 g/mol. The lowest BCUT2D eigenvalue weighted by atomic mass is 9.73. The smallest absolute Gasteiger partial charge is 0.122 e. The molecule has 1 saturated carbocycles. The highest BCUT2D eigenvalue weighted by atomic mass is 16.5. The van der Waals surface area contributed by atoms with Gasteiger partial charge in [-0.25, -0.2) is 0 Å². The van der Waals surface area contributed by atoms with Gasteiger partial charge in [0.15, 0.2) is 0 Å². The van der Waals surface area contributed by atoms with Crippen LogP contribution in [-0.4, -0.2) is 20.3 Å². The molecule has 2 N–H and O–H groups in total. The minimum atomic E-state index is 0.226. The van der Waals surface area contributed by atoms with Gasteiger partial charge in [-0.05, 0) is 43.4 Å². The van der Waals surface area contributed by atoms with Crippen LogP contribution in [0.15, 0.2) is 18.2 Å². The zero-order chi connectivity index (χ0) is 14.5. The van der Waals surface area contributed by atoms with Crippen LogP contribution in [0.25, 0.3) is 0 Å². The van der Waals surface area contributed by atoms with Gasteiger partial charge in [-0.1, -0.05) is 19.8 Å². The van der Waals surface area contributed by atoms with Crippen LogP contribution < -0.4 is 15.2 Å². The Bertz CT molecular complexity index is 433. The molecular formula is C17H27NO2. The lowest BCUT2D eigenvalue weighted by Gasteiger charge is -2.35. The van der Waals surface area contributed by atoms with E-state index in [-0.39, 0.29) is 6.04 Å². The van der Waals surface area contributed by atoms with E-state index in [2.05, 4.69) is 13.0 Å². The third-order valence-electron chi connectivity index (χ3n) is 4.55. The summed E-state index contributed by atoms with van der Waals surface area (Å²) < 4.78 is 10.9. The van der Waals surface area contributed by atoms with E-state index in [4.69, 9.17) is 15.2 Å². The summed E-state index contributed by atoms with van der Waals surface area (Å²) in [5.41, 5.74) is 7.60. The summed E-state index contributed by atoms with van der Waals surface area (Å²) in [6, 6.07) is 6.26. The van der Waals surface area contributed by atoms with Gasteiger partial charge in [0.05, 0.1) is 14.2 Å². The summed E-state index contributed by atoms with van der Waals surface area (Å²) in [7, 11) is 3.43. The number of hydrogen-bond acceptors (Lipinski definition) is 3. The Kier molecular flexibility index (Phi) is 5.30. The molecule has 0 aliphatic heterocycles. The maximum absolute atomic E-state index is 6.39. The third-order valence-corrected chi connectivity index (χ3v) is 4.55. The first kappa shape index (κ1) is 15.2. The number of benzene rings is 1. The molecule has 0 bridgehead atoms. The van der Waals surface area contributed by atoms with Crippen molar-refractivity contribution in [1.82, 2.24) is 0 Å². The number of ether oxygens (including phenoxy) is 2. The number of rotatable bonds is 5. The predicted molar refractivity (Wildman–Crippen MR) is 82.5 cm³/mol. The second-order valence-corrected chi connectivity index (χ2v) is 5.85. The highest BCUT2D eigenvalue weighted by molar-refractivity contribution is 5.43. The summed E-state index contributed by atoms with van der Waals surface area (Å²) in [5, 5.41) is 0. The van der Waals surface area contributed by atoms with Crippen LogP contribution in [-0.2, 0) is 0 Å². The molecule has 20 heavy (non-hydrogen) atoms. The van der Waals surface area contributed by atoms with Crippen molar-refractivity contribution >= 4 is 0 Å². The fourth-order valence-corrected chi connectivity index (χ4v) is 3.44. The SMILES string of the molecule is CCCC1CCC(N)C(c2cc(OC)ccc2OC)C1. The molecule has 0 radical (unpaired) electrons. The topological polar surface area (TPSA) is 44.5 Å². The molecular weight excluding hydrogens is 250 g/mol. The number of hydrogen-bond donors (Lipinski definition) is 1. The average molecular weight is 277 g/mol. The predicted octanol–water partition coefficient (Wildman–Crippen LogP) is 3.71. The highest BCUT2D eigenvalue weighted by Crippen LogP contribution is 2.41. The molecule has 0 saturated heterocycles. The van der Waals surface area contributed by atoms with Crippen molar-refractivity contribution in [2.45, 2.75) is 51.0 Å². The Labute approximate surface area is 122 Å². The van der Waals surface area contributed by atoms with Crippen LogP contribution >= 0.6 is 0 Å². The molecule has 1 fully saturated rings. The van der Waals surface area contributed by atoms with Crippen molar-refractivity contribution in [1.29, 1.82) is 0 Å². The molecule has 1 aliphatic carbocycles. The second-order valence-electron chi connectivity index (χ2n) is 5.85. The average Bonchev–Trinajstić information content (AvgIpc) is 2.49. The van der Waals surface area contributed by atoms with Crippen LogP contribution in [0.5, 0.6) is 11.5 Å². The molecule has 1 aromatic carbocycles. The summed E-state index contributed by atoms with van der Waals surface area (Å²) in [4.78, 5) is 0. The molecule has 0 spiro atoms. The van der Waals surface area contributed by atoms with Gasteiger partial charge < -0.3 is 15.2 Å². The van der Waals surface area contributed by atoms with E-state index >= 15 is 0 Å². The number of nitrogens with two attached hydrogens (primary N) is 1. The third kappa shape index (κ3) is 3.26. The van der Waals surface area contributed by atoms with E-state index in [1.165, 1.54) is 31.2 Å². The van der Waals surface area contributed by atoms with Crippen molar-refractivity contribution in [2.24, 2.45) is 11.7 Å². The lowest BCUT2D eigenvalue weighted by molar-refractivity contribution is 0.268. The van der Waals surface area contributed by atoms with Gasteiger partial charge in [-0.2, -0.15) is 0 Å². The Morgan fingerprint density at radius 1 is 1.20 bits per heavy atom. The van der Waals surface area contributed by atoms with Crippen molar-refractivity contribution in [3.63, 3.8) is 0 Å². The standard InChI is InChI=1S/C17H27NO2/c1-4-5-12-6-8-16(18)14(10-12)15-11-13(19-2)7-9-17(15)20-3/h7,9,11-12,14,16H,4-6,8,10,18H2,1-3H3. The van der Waals surface area contributed by atoms with E-state index < -0.39 is 0 Å². The largest absolute Gasteiger partial charge is 0.497 e. The summed E-state index contributed by atoms with van der Waals surface area (Å²) in [5.74, 6) is 2.99. The van der Waals surface area contributed by atoms with Gasteiger partial charge in [0.2, 0.25) is 0 Å². The van der Waals surface area contributed by atoms with Crippen molar-refractivity contribution in [2.75, 3.05) is 14.2 Å². The fourth-order valence-electron chi connectivity index (χ4n) is 3.44. The first-order chi connectivity index (χ1) is 9.69. The van der Waals surface area contributed by atoms with Crippen LogP contribution in [0.4, 0.5) is 0 Å². The number of methoxy groups -OCH3 is 2. The molecule has 3 heteroatoms. The van der Waals surface area contributed by atoms with Gasteiger partial charge in [-0.3, -0.25) is 0 Å². The minimum Gasteiger partial charge on any atom is -0.497 e. The van der Waals surface area contributed by atoms with Crippen LogP contribution in [0.2, 0.25) is 0 Å². The molecule has 2 rings (SSSR count). The summed E-state index contributed by atoms with van der Waals surface area (Å²) in [6.45, 7) is 2.26. The maximum atomic E-state index is 6.39. The van der Waals surface area contributed by atoms with Crippen LogP contribution in [0.3, 0.4) is 0 Å². The maximum Gasteiger partial charge on any atom is 0.122 e. The van der Waals surface area contributed by atoms with Crippen molar-refractivity contribution in [3.05, 3.63) is 23.8 Å². The molecule has 0 aromatic heterocycles. The minimum absolute atomic E-state index is 0.226. The molecule has 3 atom stereocenters. The molecule has 3 nitrogen and oxygen atoms in total. The van der Waals surface area contributed by atoms with Crippen LogP contribution in [0, 0.1) is 5.92 Å². The van der Waals surface area contributed by atoms with Gasteiger partial charge in [0.25, 0.3) is 0 Å². The van der Waals surface area contributed by atoms with E-state index in [9.17, 15) is 0 Å². The van der Waals surface area contributed by atoms with Gasteiger partial charge in [-0.15, -0.1) is 0 Å². The Morgan fingerprint density at radius 2 is 2.00 bits per heavy atom. The Morgan fingerprint density at radius 3 is 2.65 bits per heavy atom. The zero-order valence-electron chi connectivity index (χ0n) is 12.9. The van der Waals surface area contributed by atoms with E-state index in [0.717, 1.165) is 23.8 Å². The molecule has 0 amide bonds.